The first kappa shape index (κ1) is 37.4. The number of hydrogen-bond acceptors (Lipinski definition) is 7. The summed E-state index contributed by atoms with van der Waals surface area (Å²) in [6.07, 6.45) is -0.346. The third-order valence-electron chi connectivity index (χ3n) is 8.24. The van der Waals surface area contributed by atoms with Crippen LogP contribution < -0.4 is 21.3 Å². The first-order chi connectivity index (χ1) is 23.2. The summed E-state index contributed by atoms with van der Waals surface area (Å²) in [6.45, 7) is 8.40. The largest absolute Gasteiger partial charge is 0.480 e. The topological polar surface area (TPSA) is 174 Å². The molecule has 4 aromatic rings. The van der Waals surface area contributed by atoms with E-state index in [4.69, 9.17) is 0 Å². The number of aromatic nitrogens is 2. The van der Waals surface area contributed by atoms with Gasteiger partial charge < -0.3 is 15.0 Å². The average molecular weight is 711 g/mol. The molecule has 0 fully saturated rings. The van der Waals surface area contributed by atoms with E-state index in [0.717, 1.165) is 4.57 Å². The molecule has 3 aromatic carbocycles. The highest BCUT2D eigenvalue weighted by Crippen LogP contribution is 2.25. The van der Waals surface area contributed by atoms with Gasteiger partial charge in [-0.3, -0.25) is 19.1 Å². The van der Waals surface area contributed by atoms with Gasteiger partial charge in [0.2, 0.25) is 0 Å². The van der Waals surface area contributed by atoms with Gasteiger partial charge in [-0.05, 0) is 55.3 Å². The summed E-state index contributed by atoms with van der Waals surface area (Å²) in [5, 5.41) is 11.9. The van der Waals surface area contributed by atoms with Crippen molar-refractivity contribution in [3.05, 3.63) is 121 Å². The van der Waals surface area contributed by atoms with E-state index in [9.17, 15) is 37.5 Å². The second kappa shape index (κ2) is 14.2. The van der Waals surface area contributed by atoms with Crippen molar-refractivity contribution in [2.45, 2.75) is 58.4 Å². The lowest BCUT2D eigenvalue weighted by Crippen LogP contribution is -2.42. The number of halogens is 2. The molecule has 50 heavy (non-hydrogen) atoms. The molecule has 0 aliphatic carbocycles. The number of carbonyl (C=O) groups is 3. The number of Topliss-reactive ketones (excluding diaryl/α,β-unsaturated/α-hetero) is 1. The van der Waals surface area contributed by atoms with Gasteiger partial charge in [-0.1, -0.05) is 45.0 Å². The minimum atomic E-state index is -4.46. The van der Waals surface area contributed by atoms with Gasteiger partial charge in [0, 0.05) is 42.6 Å². The number of carboxylic acids is 1. The first-order valence-electron chi connectivity index (χ1n) is 15.3. The average Bonchev–Trinajstić information content (AvgIpc) is 3.04. The van der Waals surface area contributed by atoms with E-state index in [0.29, 0.717) is 34.5 Å². The Morgan fingerprint density at radius 3 is 2.16 bits per heavy atom. The maximum atomic E-state index is 15.1. The second-order valence-electron chi connectivity index (χ2n) is 12.8. The Balaban J connectivity index is 1.51. The predicted molar refractivity (Wildman–Crippen MR) is 181 cm³/mol. The van der Waals surface area contributed by atoms with Crippen LogP contribution in [0.3, 0.4) is 0 Å². The van der Waals surface area contributed by atoms with E-state index in [1.807, 2.05) is 4.72 Å². The highest BCUT2D eigenvalue weighted by Gasteiger charge is 2.26. The zero-order chi connectivity index (χ0) is 37.3. The molecule has 1 heterocycles. The van der Waals surface area contributed by atoms with Crippen LogP contribution in [0.15, 0.2) is 75.1 Å². The summed E-state index contributed by atoms with van der Waals surface area (Å²) >= 11 is 0. The Hall–Kier alpha value is -5.44. The Morgan fingerprint density at radius 1 is 0.920 bits per heavy atom. The fraction of sp³-hybridized carbons (Fsp3) is 0.286. The summed E-state index contributed by atoms with van der Waals surface area (Å²) in [5.74, 6) is -5.54. The van der Waals surface area contributed by atoms with Gasteiger partial charge in [0.1, 0.15) is 23.5 Å². The van der Waals surface area contributed by atoms with Crippen LogP contribution in [-0.4, -0.2) is 46.4 Å². The fourth-order valence-electron chi connectivity index (χ4n) is 4.91. The van der Waals surface area contributed by atoms with Gasteiger partial charge >= 0.3 is 11.7 Å². The summed E-state index contributed by atoms with van der Waals surface area (Å²) in [6, 6.07) is 10.5. The molecule has 0 saturated heterocycles. The number of ketones is 1. The van der Waals surface area contributed by atoms with E-state index in [2.05, 4.69) is 5.32 Å². The van der Waals surface area contributed by atoms with Crippen molar-refractivity contribution in [1.29, 1.82) is 0 Å². The third kappa shape index (κ3) is 8.05. The number of carboxylic acid groups (broad SMARTS) is 1. The van der Waals surface area contributed by atoms with Gasteiger partial charge in [0.05, 0.1) is 21.8 Å². The molecule has 12 nitrogen and oxygen atoms in total. The fourth-order valence-corrected chi connectivity index (χ4v) is 6.04. The minimum absolute atomic E-state index is 0.0436. The zero-order valence-corrected chi connectivity index (χ0v) is 28.9. The van der Waals surface area contributed by atoms with Crippen molar-refractivity contribution in [3.8, 4) is 5.69 Å². The lowest BCUT2D eigenvalue weighted by Gasteiger charge is -2.17. The summed E-state index contributed by atoms with van der Waals surface area (Å²) in [7, 11) is -2.94. The van der Waals surface area contributed by atoms with E-state index in [1.54, 1.807) is 40.7 Å². The summed E-state index contributed by atoms with van der Waals surface area (Å²) in [4.78, 5) is 62.6. The lowest BCUT2D eigenvalue weighted by molar-refractivity contribution is -0.139. The summed E-state index contributed by atoms with van der Waals surface area (Å²) in [5.41, 5.74) is -1.55. The Bertz CT molecular complexity index is 2200. The summed E-state index contributed by atoms with van der Waals surface area (Å²) < 4.78 is 60.5. The molecule has 3 N–H and O–H groups in total. The molecule has 4 rings (SSSR count). The van der Waals surface area contributed by atoms with Gasteiger partial charge in [0.15, 0.2) is 0 Å². The van der Waals surface area contributed by atoms with Crippen LogP contribution in [-0.2, 0) is 39.5 Å². The van der Waals surface area contributed by atoms with Crippen LogP contribution in [0.4, 0.5) is 14.5 Å². The van der Waals surface area contributed by atoms with E-state index >= 15 is 8.78 Å². The van der Waals surface area contributed by atoms with Gasteiger partial charge in [-0.2, -0.15) is 0 Å². The molecule has 1 aromatic heterocycles. The number of aliphatic carboxylic acids is 1. The van der Waals surface area contributed by atoms with E-state index < -0.39 is 67.5 Å². The SMILES string of the molecule is Cc1c(C)n(C)c(=O)n(-c2ccc(C[C@H](NC(=O)c3cc(F)c(NS(=O)(=O)c4cccc(CC(=O)C(C)(C)C)c4)cc3F)C(=O)O)cc2)c1=O. The second-order valence-corrected chi connectivity index (χ2v) is 14.5. The molecule has 0 bridgehead atoms. The molecule has 0 aliphatic rings. The Morgan fingerprint density at radius 2 is 1.56 bits per heavy atom. The van der Waals surface area contributed by atoms with Crippen molar-refractivity contribution >= 4 is 33.4 Å². The van der Waals surface area contributed by atoms with Crippen molar-refractivity contribution in [2.24, 2.45) is 12.5 Å². The van der Waals surface area contributed by atoms with Crippen LogP contribution in [0.1, 0.15) is 53.5 Å². The number of amides is 1. The smallest absolute Gasteiger partial charge is 0.335 e. The lowest BCUT2D eigenvalue weighted by atomic mass is 9.87. The molecule has 15 heteroatoms. The van der Waals surface area contributed by atoms with Gasteiger partial charge in [-0.25, -0.2) is 31.4 Å². The van der Waals surface area contributed by atoms with Crippen LogP contribution in [0.2, 0.25) is 0 Å². The van der Waals surface area contributed by atoms with Gasteiger partial charge in [-0.15, -0.1) is 0 Å². The third-order valence-corrected chi connectivity index (χ3v) is 9.60. The Labute approximate surface area is 286 Å². The monoisotopic (exact) mass is 710 g/mol. The van der Waals surface area contributed by atoms with Crippen molar-refractivity contribution < 1.29 is 36.7 Å². The molecule has 1 atom stereocenters. The molecular weight excluding hydrogens is 674 g/mol. The number of carbonyl (C=O) groups excluding carboxylic acids is 2. The highest BCUT2D eigenvalue weighted by atomic mass is 32.2. The molecule has 0 unspecified atom stereocenters. The maximum absolute atomic E-state index is 15.1. The van der Waals surface area contributed by atoms with E-state index in [-0.39, 0.29) is 29.2 Å². The first-order valence-corrected chi connectivity index (χ1v) is 16.8. The van der Waals surface area contributed by atoms with Gasteiger partial charge in [0.25, 0.3) is 21.5 Å². The number of anilines is 1. The van der Waals surface area contributed by atoms with Crippen molar-refractivity contribution in [3.63, 3.8) is 0 Å². The van der Waals surface area contributed by atoms with Crippen molar-refractivity contribution in [2.75, 3.05) is 4.72 Å². The van der Waals surface area contributed by atoms with Crippen LogP contribution >= 0.6 is 0 Å². The normalized spacial score (nSPS) is 12.3. The number of rotatable bonds is 11. The number of benzene rings is 3. The molecule has 0 radical (unpaired) electrons. The standard InChI is InChI=1S/C35H36F2N4O8S/c1-19-20(2)40(6)34(47)41(32(19)44)23-12-10-21(11-13-23)15-29(33(45)46)38-31(43)25-17-27(37)28(18-26(25)36)39-50(48,49)24-9-7-8-22(14-24)16-30(42)35(3,4)5/h7-14,17-18,29,39H,15-16H2,1-6H3,(H,38,43)(H,45,46)/t29-/m0/s1. The van der Waals surface area contributed by atoms with Crippen LogP contribution in [0, 0.1) is 30.9 Å². The predicted octanol–water partition coefficient (Wildman–Crippen LogP) is 3.82. The number of sulfonamides is 1. The minimum Gasteiger partial charge on any atom is -0.480 e. The highest BCUT2D eigenvalue weighted by molar-refractivity contribution is 7.92. The number of nitrogens with one attached hydrogen (secondary N) is 2. The Kier molecular flexibility index (Phi) is 10.6. The van der Waals surface area contributed by atoms with E-state index in [1.165, 1.54) is 54.1 Å². The molecule has 0 aliphatic heterocycles. The molecule has 1 amide bonds. The van der Waals surface area contributed by atoms with Crippen LogP contribution in [0.5, 0.6) is 0 Å². The zero-order valence-electron chi connectivity index (χ0n) is 28.1. The molecule has 0 spiro atoms. The maximum Gasteiger partial charge on any atom is 0.335 e. The molecule has 264 valence electrons. The van der Waals surface area contributed by atoms with Crippen LogP contribution in [0.25, 0.3) is 5.69 Å². The number of nitrogens with zero attached hydrogens (tertiary/aromatic N) is 2. The molecule has 0 saturated carbocycles. The molecular formula is C35H36F2N4O8S. The van der Waals surface area contributed by atoms with Crippen molar-refractivity contribution in [1.82, 2.24) is 14.5 Å². The quantitative estimate of drug-likeness (QED) is 0.211. The number of hydrogen-bond donors (Lipinski definition) is 3.